The lowest BCUT2D eigenvalue weighted by atomic mass is 10.1. The minimum Gasteiger partial charge on any atom is -0.361 e. The molecular weight excluding hydrogens is 335 g/mol. The number of amides is 1. The number of halogens is 3. The molecule has 1 amide bonds. The van der Waals surface area contributed by atoms with Crippen molar-refractivity contribution in [2.75, 3.05) is 26.2 Å². The average Bonchev–Trinajstić information content (AvgIpc) is 2.99. The first kappa shape index (κ1) is 17.5. The molecule has 25 heavy (non-hydrogen) atoms. The van der Waals surface area contributed by atoms with Crippen LogP contribution < -0.4 is 0 Å². The van der Waals surface area contributed by atoms with E-state index in [-0.39, 0.29) is 11.5 Å². The Morgan fingerprint density at radius 1 is 1.16 bits per heavy atom. The van der Waals surface area contributed by atoms with Crippen molar-refractivity contribution in [2.24, 2.45) is 0 Å². The molecule has 1 aromatic carbocycles. The van der Waals surface area contributed by atoms with E-state index in [1.165, 1.54) is 12.1 Å². The number of hydrogen-bond donors (Lipinski definition) is 0. The van der Waals surface area contributed by atoms with Crippen LogP contribution in [0.3, 0.4) is 0 Å². The zero-order valence-corrected chi connectivity index (χ0v) is 13.7. The third-order valence-electron chi connectivity index (χ3n) is 4.18. The highest BCUT2D eigenvalue weighted by molar-refractivity contribution is 5.94. The zero-order chi connectivity index (χ0) is 18.0. The van der Waals surface area contributed by atoms with Gasteiger partial charge in [0.2, 0.25) is 0 Å². The van der Waals surface area contributed by atoms with E-state index < -0.39 is 11.7 Å². The molecule has 1 aliphatic rings. The number of nitrogens with zero attached hydrogens (tertiary/aromatic N) is 3. The quantitative estimate of drug-likeness (QED) is 0.851. The summed E-state index contributed by atoms with van der Waals surface area (Å²) in [5, 5.41) is 3.95. The second kappa shape index (κ2) is 6.87. The predicted octanol–water partition coefficient (Wildman–Crippen LogP) is 2.96. The van der Waals surface area contributed by atoms with Crippen LogP contribution in [0.2, 0.25) is 0 Å². The zero-order valence-electron chi connectivity index (χ0n) is 13.7. The molecule has 134 valence electrons. The van der Waals surface area contributed by atoms with Crippen molar-refractivity contribution < 1.29 is 22.5 Å². The van der Waals surface area contributed by atoms with Crippen molar-refractivity contribution in [2.45, 2.75) is 19.6 Å². The molecule has 5 nitrogen and oxygen atoms in total. The van der Waals surface area contributed by atoms with Gasteiger partial charge in [0, 0.05) is 44.4 Å². The fourth-order valence-electron chi connectivity index (χ4n) is 2.82. The smallest absolute Gasteiger partial charge is 0.361 e. The first-order valence-corrected chi connectivity index (χ1v) is 7.94. The summed E-state index contributed by atoms with van der Waals surface area (Å²) in [5.41, 5.74) is 0.366. The number of aromatic nitrogens is 1. The van der Waals surface area contributed by atoms with E-state index >= 15 is 0 Å². The summed E-state index contributed by atoms with van der Waals surface area (Å²) >= 11 is 0. The van der Waals surface area contributed by atoms with Crippen LogP contribution in [0.1, 0.15) is 27.4 Å². The number of aryl methyl sites for hydroxylation is 1. The van der Waals surface area contributed by atoms with Gasteiger partial charge in [0.1, 0.15) is 5.76 Å². The summed E-state index contributed by atoms with van der Waals surface area (Å²) in [4.78, 5) is 16.2. The Bertz CT molecular complexity index is 732. The molecule has 8 heteroatoms. The van der Waals surface area contributed by atoms with Gasteiger partial charge in [-0.2, -0.15) is 13.2 Å². The lowest BCUT2D eigenvalue weighted by Crippen LogP contribution is -2.48. The van der Waals surface area contributed by atoms with Gasteiger partial charge in [-0.15, -0.1) is 0 Å². The second-order valence-corrected chi connectivity index (χ2v) is 6.07. The van der Waals surface area contributed by atoms with E-state index in [1.54, 1.807) is 4.90 Å². The largest absolute Gasteiger partial charge is 0.416 e. The summed E-state index contributed by atoms with van der Waals surface area (Å²) in [6.45, 7) is 4.89. The molecule has 0 N–H and O–H groups in total. The van der Waals surface area contributed by atoms with Gasteiger partial charge in [0.05, 0.1) is 11.3 Å². The van der Waals surface area contributed by atoms with Crippen molar-refractivity contribution in [3.05, 3.63) is 52.9 Å². The first-order chi connectivity index (χ1) is 11.8. The summed E-state index contributed by atoms with van der Waals surface area (Å²) in [6.07, 6.45) is -4.40. The number of benzene rings is 1. The lowest BCUT2D eigenvalue weighted by Gasteiger charge is -2.34. The van der Waals surface area contributed by atoms with Gasteiger partial charge in [-0.3, -0.25) is 9.69 Å². The SMILES string of the molecule is Cc1cc(CN2CCN(C(=O)c3ccc(C(F)(F)F)cc3)CC2)no1. The van der Waals surface area contributed by atoms with Crippen LogP contribution >= 0.6 is 0 Å². The van der Waals surface area contributed by atoms with Crippen molar-refractivity contribution in [3.8, 4) is 0 Å². The first-order valence-electron chi connectivity index (χ1n) is 7.94. The summed E-state index contributed by atoms with van der Waals surface area (Å²) in [6, 6.07) is 6.22. The van der Waals surface area contributed by atoms with Crippen LogP contribution in [0.15, 0.2) is 34.9 Å². The fourth-order valence-corrected chi connectivity index (χ4v) is 2.82. The van der Waals surface area contributed by atoms with Crippen LogP contribution in [0, 0.1) is 6.92 Å². The summed E-state index contributed by atoms with van der Waals surface area (Å²) < 4.78 is 42.8. The highest BCUT2D eigenvalue weighted by atomic mass is 19.4. The van der Waals surface area contributed by atoms with Crippen LogP contribution in [-0.2, 0) is 12.7 Å². The van der Waals surface area contributed by atoms with Gasteiger partial charge in [0.25, 0.3) is 5.91 Å². The molecule has 2 aromatic rings. The van der Waals surface area contributed by atoms with Gasteiger partial charge in [-0.25, -0.2) is 0 Å². The molecule has 3 rings (SSSR count). The van der Waals surface area contributed by atoms with E-state index in [9.17, 15) is 18.0 Å². The summed E-state index contributed by atoms with van der Waals surface area (Å²) in [7, 11) is 0. The maximum absolute atomic E-state index is 12.6. The maximum Gasteiger partial charge on any atom is 0.416 e. The van der Waals surface area contributed by atoms with E-state index in [0.29, 0.717) is 32.7 Å². The molecule has 0 saturated carbocycles. The monoisotopic (exact) mass is 353 g/mol. The molecular formula is C17H18F3N3O2. The predicted molar refractivity (Wildman–Crippen MR) is 83.9 cm³/mol. The Morgan fingerprint density at radius 3 is 2.32 bits per heavy atom. The minimum atomic E-state index is -4.40. The Balaban J connectivity index is 1.56. The van der Waals surface area contributed by atoms with Gasteiger partial charge in [-0.1, -0.05) is 5.16 Å². The number of alkyl halides is 3. The molecule has 0 radical (unpaired) electrons. The van der Waals surface area contributed by atoms with Gasteiger partial charge in [0.15, 0.2) is 0 Å². The molecule has 1 aliphatic heterocycles. The molecule has 0 spiro atoms. The van der Waals surface area contributed by atoms with Gasteiger partial charge in [-0.05, 0) is 31.2 Å². The average molecular weight is 353 g/mol. The van der Waals surface area contributed by atoms with Crippen LogP contribution in [0.4, 0.5) is 13.2 Å². The normalized spacial score (nSPS) is 16.2. The Hall–Kier alpha value is -2.35. The van der Waals surface area contributed by atoms with Crippen LogP contribution in [0.25, 0.3) is 0 Å². The van der Waals surface area contributed by atoms with Gasteiger partial charge < -0.3 is 9.42 Å². The van der Waals surface area contributed by atoms with E-state index in [0.717, 1.165) is 23.6 Å². The Morgan fingerprint density at radius 2 is 1.80 bits per heavy atom. The standard InChI is InChI=1S/C17H18F3N3O2/c1-12-10-15(21-25-12)11-22-6-8-23(9-7-22)16(24)13-2-4-14(5-3-13)17(18,19)20/h2-5,10H,6-9,11H2,1H3. The van der Waals surface area contributed by atoms with Crippen LogP contribution in [-0.4, -0.2) is 47.0 Å². The molecule has 0 aliphatic carbocycles. The second-order valence-electron chi connectivity index (χ2n) is 6.07. The molecule has 0 unspecified atom stereocenters. The summed E-state index contributed by atoms with van der Waals surface area (Å²) in [5.74, 6) is 0.511. The highest BCUT2D eigenvalue weighted by Crippen LogP contribution is 2.29. The van der Waals surface area contributed by atoms with Crippen molar-refractivity contribution in [3.63, 3.8) is 0 Å². The Kier molecular flexibility index (Phi) is 4.80. The molecule has 0 bridgehead atoms. The minimum absolute atomic E-state index is 0.245. The lowest BCUT2D eigenvalue weighted by molar-refractivity contribution is -0.137. The highest BCUT2D eigenvalue weighted by Gasteiger charge is 2.30. The molecule has 1 aromatic heterocycles. The van der Waals surface area contributed by atoms with Crippen molar-refractivity contribution >= 4 is 5.91 Å². The van der Waals surface area contributed by atoms with Crippen molar-refractivity contribution in [1.29, 1.82) is 0 Å². The molecule has 0 atom stereocenters. The third-order valence-corrected chi connectivity index (χ3v) is 4.18. The Labute approximate surface area is 143 Å². The van der Waals surface area contributed by atoms with Gasteiger partial charge >= 0.3 is 6.18 Å². The number of carbonyl (C=O) groups excluding carboxylic acids is 1. The third kappa shape index (κ3) is 4.19. The van der Waals surface area contributed by atoms with Crippen LogP contribution in [0.5, 0.6) is 0 Å². The molecule has 1 fully saturated rings. The topological polar surface area (TPSA) is 49.6 Å². The number of carbonyl (C=O) groups is 1. The maximum atomic E-state index is 12.6. The fraction of sp³-hybridized carbons (Fsp3) is 0.412. The molecule has 2 heterocycles. The number of hydrogen-bond acceptors (Lipinski definition) is 4. The number of rotatable bonds is 3. The number of piperazine rings is 1. The van der Waals surface area contributed by atoms with Crippen molar-refractivity contribution in [1.82, 2.24) is 15.0 Å². The molecule has 1 saturated heterocycles. The van der Waals surface area contributed by atoms with E-state index in [2.05, 4.69) is 10.1 Å². The van der Waals surface area contributed by atoms with E-state index in [1.807, 2.05) is 13.0 Å². The van der Waals surface area contributed by atoms with E-state index in [4.69, 9.17) is 4.52 Å².